The molecule has 0 amide bonds. The van der Waals surface area contributed by atoms with Crippen molar-refractivity contribution >= 4 is 35.1 Å². The van der Waals surface area contributed by atoms with Gasteiger partial charge < -0.3 is 43.0 Å². The van der Waals surface area contributed by atoms with Gasteiger partial charge in [-0.3, -0.25) is 28.7 Å². The van der Waals surface area contributed by atoms with Gasteiger partial charge >= 0.3 is 23.3 Å². The van der Waals surface area contributed by atoms with Crippen LogP contribution in [0.5, 0.6) is 5.75 Å². The van der Waals surface area contributed by atoms with E-state index in [1.807, 2.05) is 72.8 Å². The lowest BCUT2D eigenvalue weighted by molar-refractivity contribution is -0.159. The van der Waals surface area contributed by atoms with Crippen LogP contribution in [0.3, 0.4) is 0 Å². The van der Waals surface area contributed by atoms with Gasteiger partial charge in [-0.1, -0.05) is 120 Å². The van der Waals surface area contributed by atoms with Gasteiger partial charge in [-0.15, -0.1) is 0 Å². The van der Waals surface area contributed by atoms with Crippen molar-refractivity contribution < 1.29 is 52.6 Å². The summed E-state index contributed by atoms with van der Waals surface area (Å²) in [6.45, 7) is -1.40. The molecule has 0 saturated carbocycles. The molecule has 5 aromatic carbocycles. The molecule has 0 bridgehead atoms. The van der Waals surface area contributed by atoms with E-state index in [0.717, 1.165) is 38.6 Å². The Hall–Kier alpha value is -7.46. The van der Waals surface area contributed by atoms with Gasteiger partial charge in [-0.25, -0.2) is 19.2 Å². The molecule has 0 aliphatic carbocycles. The van der Waals surface area contributed by atoms with Crippen LogP contribution >= 0.6 is 23.2 Å². The van der Waals surface area contributed by atoms with E-state index >= 15 is 0 Å². The maximum absolute atomic E-state index is 14.1. The van der Waals surface area contributed by atoms with Crippen LogP contribution in [0.2, 0.25) is 10.0 Å². The average Bonchev–Trinajstić information content (AvgIpc) is 3.90. The van der Waals surface area contributed by atoms with Gasteiger partial charge in [0.25, 0.3) is 11.1 Å². The summed E-state index contributed by atoms with van der Waals surface area (Å²) in [5, 5.41) is 11.8. The topological polar surface area (TPSA) is 238 Å². The zero-order valence-corrected chi connectivity index (χ0v) is 40.6. The van der Waals surface area contributed by atoms with E-state index < -0.39 is 103 Å². The molecule has 3 N–H and O–H groups in total. The lowest BCUT2D eigenvalue weighted by Gasteiger charge is -2.37. The van der Waals surface area contributed by atoms with Crippen LogP contribution in [0.1, 0.15) is 49.9 Å². The fourth-order valence-electron chi connectivity index (χ4n) is 8.90. The minimum Gasteiger partial charge on any atom is -0.497 e. The third kappa shape index (κ3) is 10.8. The molecule has 8 atom stereocenters. The molecule has 9 rings (SSSR count). The van der Waals surface area contributed by atoms with Crippen LogP contribution in [0.4, 0.5) is 0 Å². The standard InChI is InChI=1S/C53H46Cl2N4O15/c1-67-34-22-20-33(21-23-34)53(31-12-4-2-5-13-31,32-14-6-3-7-15-32)70-29-40-44(46(74-50(64)36-17-9-11-19-38(36)55)48(72-40)59-27-25-42(61)57-52(59)66)69-30-68-28-39-43(62)45(73-49(63)35-16-8-10-18-37(35)54)47(71-39)58-26-24-41(60)56-51(58)65/h2-27,39-40,43-48,62H,28-30H2,1H3,(H,56,60,65)(H,57,61,66)/t39-,40-,43-,44-,45-,46-,47-,48-/m1/s1. The van der Waals surface area contributed by atoms with Crippen LogP contribution in [0.25, 0.3) is 0 Å². The number of methoxy groups -OCH3 is 1. The highest BCUT2D eigenvalue weighted by atomic mass is 35.5. The molecule has 19 nitrogen and oxygen atoms in total. The molecule has 382 valence electrons. The van der Waals surface area contributed by atoms with E-state index in [1.165, 1.54) is 30.5 Å². The Balaban J connectivity index is 1.05. The molecule has 2 saturated heterocycles. The summed E-state index contributed by atoms with van der Waals surface area (Å²) < 4.78 is 51.8. The minimum atomic E-state index is -1.64. The number of hydrogen-bond acceptors (Lipinski definition) is 15. The Morgan fingerprint density at radius 2 is 1.07 bits per heavy atom. The molecule has 2 fully saturated rings. The Kier molecular flexibility index (Phi) is 15.8. The van der Waals surface area contributed by atoms with Crippen LogP contribution in [0.15, 0.2) is 177 Å². The van der Waals surface area contributed by atoms with Gasteiger partial charge in [-0.2, -0.15) is 0 Å². The molecule has 0 unspecified atom stereocenters. The number of halogens is 2. The number of nitrogens with one attached hydrogen (secondary N) is 2. The molecular formula is C53H46Cl2N4O15. The molecule has 2 aliphatic heterocycles. The first-order chi connectivity index (χ1) is 35.9. The number of rotatable bonds is 18. The molecule has 0 spiro atoms. The highest BCUT2D eigenvalue weighted by molar-refractivity contribution is 6.34. The SMILES string of the molecule is COc1ccc(C(OC[C@H]2O[C@@H](n3ccc(=O)[nH]c3=O)[C@H](OC(=O)c3ccccc3Cl)[C@@H]2OCOC[C@H]2O[C@@H](n3ccc(=O)[nH]c3=O)[C@H](OC(=O)c3ccccc3Cl)[C@@H]2O)(c2ccccc2)c2ccccc2)cc1. The zero-order valence-electron chi connectivity index (χ0n) is 39.1. The Morgan fingerprint density at radius 3 is 1.58 bits per heavy atom. The summed E-state index contributed by atoms with van der Waals surface area (Å²) in [5.41, 5.74) is -2.48. The summed E-state index contributed by atoms with van der Waals surface area (Å²) >= 11 is 12.7. The third-order valence-electron chi connectivity index (χ3n) is 12.5. The predicted molar refractivity (Wildman–Crippen MR) is 265 cm³/mol. The van der Waals surface area contributed by atoms with Crippen molar-refractivity contribution in [3.63, 3.8) is 0 Å². The summed E-state index contributed by atoms with van der Waals surface area (Å²) in [5.74, 6) is -1.25. The summed E-state index contributed by atoms with van der Waals surface area (Å²) in [6.07, 6.45) is -9.11. The van der Waals surface area contributed by atoms with Gasteiger partial charge in [0.05, 0.1) is 41.5 Å². The molecular weight excluding hydrogens is 1000 g/mol. The second-order valence-electron chi connectivity index (χ2n) is 16.9. The fraction of sp³-hybridized carbons (Fsp3) is 0.245. The second kappa shape index (κ2) is 22.8. The number of H-pyrrole nitrogens is 2. The van der Waals surface area contributed by atoms with Gasteiger partial charge in [0.1, 0.15) is 42.6 Å². The van der Waals surface area contributed by atoms with Crippen LogP contribution in [0, 0.1) is 0 Å². The van der Waals surface area contributed by atoms with E-state index in [0.29, 0.717) is 11.3 Å². The Labute approximate surface area is 430 Å². The van der Waals surface area contributed by atoms with Gasteiger partial charge in [0.2, 0.25) is 0 Å². The van der Waals surface area contributed by atoms with Gasteiger partial charge in [0, 0.05) is 24.5 Å². The zero-order chi connectivity index (χ0) is 51.9. The second-order valence-corrected chi connectivity index (χ2v) is 17.7. The maximum atomic E-state index is 14.1. The van der Waals surface area contributed by atoms with E-state index in [2.05, 4.69) is 9.97 Å². The van der Waals surface area contributed by atoms with E-state index in [1.54, 1.807) is 43.5 Å². The highest BCUT2D eigenvalue weighted by Crippen LogP contribution is 2.43. The number of aliphatic hydroxyl groups is 1. The number of carbonyl (C=O) groups excluding carboxylic acids is 2. The number of hydrogen-bond donors (Lipinski definition) is 3. The van der Waals surface area contributed by atoms with Crippen LogP contribution in [-0.2, 0) is 38.8 Å². The predicted octanol–water partition coefficient (Wildman–Crippen LogP) is 5.38. The van der Waals surface area contributed by atoms with E-state index in [9.17, 15) is 33.9 Å². The number of carbonyl (C=O) groups is 2. The van der Waals surface area contributed by atoms with E-state index in [4.69, 9.17) is 61.1 Å². The largest absolute Gasteiger partial charge is 0.497 e. The lowest BCUT2D eigenvalue weighted by Crippen LogP contribution is -2.43. The smallest absolute Gasteiger partial charge is 0.340 e. The lowest BCUT2D eigenvalue weighted by atomic mass is 9.80. The third-order valence-corrected chi connectivity index (χ3v) is 13.1. The number of aromatic amines is 2. The summed E-state index contributed by atoms with van der Waals surface area (Å²) in [6, 6.07) is 40.6. The molecule has 2 aromatic heterocycles. The molecule has 74 heavy (non-hydrogen) atoms. The van der Waals surface area contributed by atoms with Crippen molar-refractivity contribution in [1.82, 2.24) is 19.1 Å². The first-order valence-corrected chi connectivity index (χ1v) is 23.7. The van der Waals surface area contributed by atoms with Crippen LogP contribution in [-0.4, -0.2) is 99.9 Å². The average molecular weight is 1050 g/mol. The summed E-state index contributed by atoms with van der Waals surface area (Å²) in [7, 11) is 1.56. The van der Waals surface area contributed by atoms with Gasteiger partial charge in [-0.05, 0) is 53.1 Å². The van der Waals surface area contributed by atoms with Crippen molar-refractivity contribution in [3.8, 4) is 5.75 Å². The molecule has 2 aliphatic rings. The van der Waals surface area contributed by atoms with Crippen molar-refractivity contribution in [2.75, 3.05) is 27.1 Å². The number of aliphatic hydroxyl groups excluding tert-OH is 1. The highest BCUT2D eigenvalue weighted by Gasteiger charge is 2.52. The monoisotopic (exact) mass is 1050 g/mol. The maximum Gasteiger partial charge on any atom is 0.340 e. The Bertz CT molecular complexity index is 3300. The molecule has 4 heterocycles. The number of ether oxygens (including phenoxy) is 8. The first-order valence-electron chi connectivity index (χ1n) is 23.0. The van der Waals surface area contributed by atoms with Crippen LogP contribution < -0.4 is 27.2 Å². The normalized spacial score (nSPS) is 21.5. The number of esters is 2. The minimum absolute atomic E-state index is 0.0172. The van der Waals surface area contributed by atoms with Gasteiger partial charge in [0.15, 0.2) is 24.7 Å². The molecule has 0 radical (unpaired) electrons. The number of nitrogens with zero attached hydrogens (tertiary/aromatic N) is 2. The first kappa shape index (κ1) is 51.4. The summed E-state index contributed by atoms with van der Waals surface area (Å²) in [4.78, 5) is 82.8. The Morgan fingerprint density at radius 1 is 0.595 bits per heavy atom. The van der Waals surface area contributed by atoms with Crippen molar-refractivity contribution in [3.05, 3.63) is 238 Å². The van der Waals surface area contributed by atoms with Crippen molar-refractivity contribution in [1.29, 1.82) is 0 Å². The molecule has 21 heteroatoms. The van der Waals surface area contributed by atoms with Crippen molar-refractivity contribution in [2.24, 2.45) is 0 Å². The van der Waals surface area contributed by atoms with E-state index in [-0.39, 0.29) is 27.8 Å². The quantitative estimate of drug-likeness (QED) is 0.0424. The fourth-order valence-corrected chi connectivity index (χ4v) is 9.33. The van der Waals surface area contributed by atoms with Crippen molar-refractivity contribution in [2.45, 2.75) is 54.7 Å². The number of aromatic nitrogens is 4. The number of benzene rings is 5. The molecule has 7 aromatic rings.